The highest BCUT2D eigenvalue weighted by atomic mass is 32.1. The van der Waals surface area contributed by atoms with Gasteiger partial charge < -0.3 is 0 Å². The molecule has 0 aliphatic carbocycles. The van der Waals surface area contributed by atoms with Gasteiger partial charge in [0.2, 0.25) is 0 Å². The number of aldehydes is 1. The Kier molecular flexibility index (Phi) is 2.97. The fourth-order valence-corrected chi connectivity index (χ4v) is 2.93. The van der Waals surface area contributed by atoms with Crippen LogP contribution in [-0.2, 0) is 0 Å². The number of carbonyl (C=O) groups is 1. The molecule has 3 rings (SSSR count). The summed E-state index contributed by atoms with van der Waals surface area (Å²) in [7, 11) is 0. The van der Waals surface area contributed by atoms with Crippen LogP contribution >= 0.6 is 24.4 Å². The van der Waals surface area contributed by atoms with Gasteiger partial charge in [0.25, 0.3) is 0 Å². The fraction of sp³-hybridized carbons (Fsp3) is 0. The summed E-state index contributed by atoms with van der Waals surface area (Å²) in [6.45, 7) is 0. The second-order valence-electron chi connectivity index (χ2n) is 4.20. The number of hydrogen-bond donors (Lipinski definition) is 0. The molecule has 0 radical (unpaired) electrons. The Morgan fingerprint density at radius 2 is 1.37 bits per heavy atom. The van der Waals surface area contributed by atoms with Crippen molar-refractivity contribution >= 4 is 46.4 Å². The van der Waals surface area contributed by atoms with Crippen LogP contribution in [0.1, 0.15) is 21.5 Å². The highest BCUT2D eigenvalue weighted by Crippen LogP contribution is 2.29. The van der Waals surface area contributed by atoms with Crippen molar-refractivity contribution in [1.82, 2.24) is 0 Å². The number of anilines is 1. The molecule has 0 amide bonds. The van der Waals surface area contributed by atoms with Crippen LogP contribution in [0.3, 0.4) is 0 Å². The van der Waals surface area contributed by atoms with E-state index in [4.69, 9.17) is 24.4 Å². The zero-order valence-electron chi connectivity index (χ0n) is 9.87. The second-order valence-corrected chi connectivity index (χ2v) is 4.97. The topological polar surface area (TPSA) is 20.3 Å². The van der Waals surface area contributed by atoms with Crippen molar-refractivity contribution in [3.63, 3.8) is 0 Å². The molecule has 19 heavy (non-hydrogen) atoms. The molecule has 2 aromatic carbocycles. The van der Waals surface area contributed by atoms with Gasteiger partial charge in [0.15, 0.2) is 0 Å². The molecule has 0 bridgehead atoms. The number of benzene rings is 2. The van der Waals surface area contributed by atoms with Gasteiger partial charge in [-0.15, -0.1) is 0 Å². The van der Waals surface area contributed by atoms with Gasteiger partial charge in [-0.1, -0.05) is 48.7 Å². The van der Waals surface area contributed by atoms with Crippen molar-refractivity contribution in [2.45, 2.75) is 0 Å². The first-order valence-electron chi connectivity index (χ1n) is 5.75. The highest BCUT2D eigenvalue weighted by molar-refractivity contribution is 7.83. The number of thiocarbonyl (C=S) groups is 2. The van der Waals surface area contributed by atoms with E-state index in [0.29, 0.717) is 15.5 Å². The van der Waals surface area contributed by atoms with Gasteiger partial charge in [-0.3, -0.25) is 9.69 Å². The molecule has 4 heteroatoms. The molecule has 0 atom stereocenters. The number of hydrogen-bond acceptors (Lipinski definition) is 3. The molecule has 0 spiro atoms. The summed E-state index contributed by atoms with van der Waals surface area (Å²) < 4.78 is 0. The number of nitrogens with zero attached hydrogens (tertiary/aromatic N) is 1. The summed E-state index contributed by atoms with van der Waals surface area (Å²) >= 11 is 11.0. The summed E-state index contributed by atoms with van der Waals surface area (Å²) in [4.78, 5) is 14.0. The first-order valence-corrected chi connectivity index (χ1v) is 6.57. The van der Waals surface area contributed by atoms with Crippen molar-refractivity contribution < 1.29 is 4.79 Å². The van der Waals surface area contributed by atoms with Crippen LogP contribution in [0.25, 0.3) is 0 Å². The molecule has 0 saturated heterocycles. The standard InChI is InChI=1S/C15H9NOS2/c17-9-10-5-7-11(8-6-10)16-14(18)12-3-1-2-4-13(12)15(16)19/h1-9H. The maximum atomic E-state index is 10.7. The normalized spacial score (nSPS) is 13.6. The van der Waals surface area contributed by atoms with Crippen molar-refractivity contribution in [3.8, 4) is 0 Å². The zero-order valence-corrected chi connectivity index (χ0v) is 11.5. The van der Waals surface area contributed by atoms with Gasteiger partial charge in [-0.25, -0.2) is 0 Å². The average Bonchev–Trinajstić information content (AvgIpc) is 2.72. The van der Waals surface area contributed by atoms with E-state index >= 15 is 0 Å². The summed E-state index contributed by atoms with van der Waals surface area (Å²) in [6.07, 6.45) is 0.819. The molecule has 1 aliphatic heterocycles. The number of carbonyl (C=O) groups excluding carboxylic acids is 1. The lowest BCUT2D eigenvalue weighted by molar-refractivity contribution is 0.112. The van der Waals surface area contributed by atoms with Crippen LogP contribution in [0.15, 0.2) is 48.5 Å². The van der Waals surface area contributed by atoms with E-state index in [0.717, 1.165) is 23.1 Å². The van der Waals surface area contributed by atoms with E-state index in [1.807, 2.05) is 41.3 Å². The third-order valence-electron chi connectivity index (χ3n) is 3.08. The molecule has 92 valence electrons. The molecule has 1 heterocycles. The minimum atomic E-state index is 0.636. The molecule has 0 N–H and O–H groups in total. The molecule has 0 unspecified atom stereocenters. The van der Waals surface area contributed by atoms with Gasteiger partial charge in [-0.05, 0) is 24.3 Å². The minimum absolute atomic E-state index is 0.636. The maximum absolute atomic E-state index is 10.7. The molecule has 1 aliphatic rings. The first kappa shape index (κ1) is 12.1. The molecule has 0 fully saturated rings. The van der Waals surface area contributed by atoms with Gasteiger partial charge in [0.1, 0.15) is 16.3 Å². The summed E-state index contributed by atoms with van der Waals surface area (Å²) in [5, 5.41) is 0. The predicted octanol–water partition coefficient (Wildman–Crippen LogP) is 3.37. The van der Waals surface area contributed by atoms with E-state index in [1.54, 1.807) is 12.1 Å². The van der Waals surface area contributed by atoms with Crippen LogP contribution in [0.2, 0.25) is 0 Å². The van der Waals surface area contributed by atoms with E-state index < -0.39 is 0 Å². The average molecular weight is 283 g/mol. The van der Waals surface area contributed by atoms with E-state index in [9.17, 15) is 4.79 Å². The number of rotatable bonds is 2. The largest absolute Gasteiger partial charge is 0.298 e. The lowest BCUT2D eigenvalue weighted by atomic mass is 10.1. The van der Waals surface area contributed by atoms with Crippen molar-refractivity contribution in [2.75, 3.05) is 4.90 Å². The Bertz CT molecular complexity index is 657. The Morgan fingerprint density at radius 3 is 1.84 bits per heavy atom. The van der Waals surface area contributed by atoms with Crippen LogP contribution in [0.4, 0.5) is 5.69 Å². The number of fused-ring (bicyclic) bond motifs is 1. The third kappa shape index (κ3) is 1.89. The Balaban J connectivity index is 2.06. The summed E-state index contributed by atoms with van der Waals surface area (Å²) in [5.74, 6) is 0. The van der Waals surface area contributed by atoms with Crippen molar-refractivity contribution in [1.29, 1.82) is 0 Å². The van der Waals surface area contributed by atoms with Crippen molar-refractivity contribution in [3.05, 3.63) is 65.2 Å². The van der Waals surface area contributed by atoms with E-state index in [-0.39, 0.29) is 0 Å². The van der Waals surface area contributed by atoms with Gasteiger partial charge in [-0.2, -0.15) is 0 Å². The molecule has 0 aromatic heterocycles. The Hall–Kier alpha value is -1.91. The van der Waals surface area contributed by atoms with Crippen LogP contribution in [0.5, 0.6) is 0 Å². The maximum Gasteiger partial charge on any atom is 0.150 e. The lowest BCUT2D eigenvalue weighted by Gasteiger charge is -2.18. The van der Waals surface area contributed by atoms with Crippen LogP contribution < -0.4 is 4.90 Å². The molecular weight excluding hydrogens is 274 g/mol. The van der Waals surface area contributed by atoms with Gasteiger partial charge >= 0.3 is 0 Å². The Labute approximate surface area is 121 Å². The monoisotopic (exact) mass is 283 g/mol. The van der Waals surface area contributed by atoms with E-state index in [2.05, 4.69) is 0 Å². The molecule has 0 saturated carbocycles. The fourth-order valence-electron chi connectivity index (χ4n) is 2.13. The lowest BCUT2D eigenvalue weighted by Crippen LogP contribution is -2.27. The second kappa shape index (κ2) is 4.64. The highest BCUT2D eigenvalue weighted by Gasteiger charge is 2.29. The Morgan fingerprint density at radius 1 is 0.842 bits per heavy atom. The first-order chi connectivity index (χ1) is 9.22. The quantitative estimate of drug-likeness (QED) is 0.622. The molecular formula is C15H9NOS2. The summed E-state index contributed by atoms with van der Waals surface area (Å²) in [6, 6.07) is 15.1. The minimum Gasteiger partial charge on any atom is -0.298 e. The summed E-state index contributed by atoms with van der Waals surface area (Å²) in [5.41, 5.74) is 3.50. The smallest absolute Gasteiger partial charge is 0.150 e. The van der Waals surface area contributed by atoms with Gasteiger partial charge in [0, 0.05) is 22.4 Å². The predicted molar refractivity (Wildman–Crippen MR) is 84.2 cm³/mol. The van der Waals surface area contributed by atoms with Crippen LogP contribution in [0, 0.1) is 0 Å². The van der Waals surface area contributed by atoms with E-state index in [1.165, 1.54) is 0 Å². The molecule has 2 aromatic rings. The zero-order chi connectivity index (χ0) is 13.4. The third-order valence-corrected chi connectivity index (χ3v) is 3.89. The van der Waals surface area contributed by atoms with Crippen molar-refractivity contribution in [2.24, 2.45) is 0 Å². The molecule has 2 nitrogen and oxygen atoms in total. The van der Waals surface area contributed by atoms with Crippen LogP contribution in [-0.4, -0.2) is 16.3 Å². The van der Waals surface area contributed by atoms with Gasteiger partial charge in [0.05, 0.1) is 0 Å². The SMILES string of the molecule is O=Cc1ccc(N2C(=S)c3ccccc3C2=S)cc1.